The van der Waals surface area contributed by atoms with Gasteiger partial charge >= 0.3 is 6.03 Å². The number of ether oxygens (including phenoxy) is 1. The average Bonchev–Trinajstić information content (AvgIpc) is 3.66. The van der Waals surface area contributed by atoms with Gasteiger partial charge in [0.1, 0.15) is 23.2 Å². The Morgan fingerprint density at radius 3 is 2.66 bits per heavy atom. The zero-order chi connectivity index (χ0) is 29.7. The summed E-state index contributed by atoms with van der Waals surface area (Å²) in [6.07, 6.45) is 2.77. The van der Waals surface area contributed by atoms with E-state index in [1.165, 1.54) is 13.2 Å². The molecule has 14 heteroatoms. The van der Waals surface area contributed by atoms with E-state index < -0.39 is 5.91 Å². The largest absolute Gasteiger partial charge is 0.494 e. The lowest BCUT2D eigenvalue weighted by Gasteiger charge is -2.18. The predicted octanol–water partition coefficient (Wildman–Crippen LogP) is 2.70. The lowest BCUT2D eigenvalue weighted by molar-refractivity contribution is 0.0995. The monoisotopic (exact) mass is 565 g/mol. The molecular weight excluding hydrogens is 530 g/mol. The first-order valence-electron chi connectivity index (χ1n) is 13.3. The number of rotatable bonds is 12. The fourth-order valence-electron chi connectivity index (χ4n) is 4.57. The number of hydrogen-bond acceptors (Lipinski definition) is 8. The molecule has 0 radical (unpaired) electrons. The molecule has 3 aromatic heterocycles. The van der Waals surface area contributed by atoms with Crippen LogP contribution in [0.25, 0.3) is 11.0 Å². The average molecular weight is 566 g/mol. The molecule has 0 aliphatic heterocycles. The molecule has 0 spiro atoms. The van der Waals surface area contributed by atoms with Gasteiger partial charge in [0.25, 0.3) is 5.91 Å². The van der Waals surface area contributed by atoms with E-state index in [1.54, 1.807) is 39.6 Å². The van der Waals surface area contributed by atoms with E-state index in [-0.39, 0.29) is 23.5 Å². The molecule has 1 aromatic carbocycles. The van der Waals surface area contributed by atoms with Gasteiger partial charge in [0, 0.05) is 37.8 Å². The minimum Gasteiger partial charge on any atom is -0.494 e. The Hall–Kier alpha value is -4.88. The molecule has 4 aromatic rings. The van der Waals surface area contributed by atoms with Crippen LogP contribution in [0.3, 0.4) is 0 Å². The summed E-state index contributed by atoms with van der Waals surface area (Å²) in [5.74, 6) is -0.373. The molecule has 0 saturated heterocycles. The highest BCUT2D eigenvalue weighted by Crippen LogP contribution is 2.31. The molecule has 4 amide bonds. The van der Waals surface area contributed by atoms with E-state index in [1.807, 2.05) is 20.8 Å². The number of primary amides is 1. The minimum absolute atomic E-state index is 0.228. The molecule has 3 heterocycles. The zero-order valence-electron chi connectivity index (χ0n) is 23.9. The molecule has 4 N–H and O–H groups in total. The number of amides is 4. The van der Waals surface area contributed by atoms with E-state index in [0.29, 0.717) is 67.2 Å². The Balaban J connectivity index is 1.54. The van der Waals surface area contributed by atoms with Crippen molar-refractivity contribution in [3.05, 3.63) is 52.7 Å². The van der Waals surface area contributed by atoms with Gasteiger partial charge in [-0.1, -0.05) is 12.1 Å². The van der Waals surface area contributed by atoms with Gasteiger partial charge in [-0.15, -0.1) is 0 Å². The first kappa shape index (κ1) is 29.1. The summed E-state index contributed by atoms with van der Waals surface area (Å²) >= 11 is 0. The maximum Gasteiger partial charge on any atom is 0.317 e. The van der Waals surface area contributed by atoms with Gasteiger partial charge in [-0.05, 0) is 44.9 Å². The van der Waals surface area contributed by atoms with Gasteiger partial charge in [-0.3, -0.25) is 19.6 Å². The summed E-state index contributed by atoms with van der Waals surface area (Å²) in [5.41, 5.74) is 9.53. The lowest BCUT2D eigenvalue weighted by Crippen LogP contribution is -2.37. The van der Waals surface area contributed by atoms with Gasteiger partial charge < -0.3 is 29.8 Å². The summed E-state index contributed by atoms with van der Waals surface area (Å²) < 4.78 is 14.0. The number of aryl methyl sites for hydroxylation is 4. The lowest BCUT2D eigenvalue weighted by atomic mass is 10.1. The quantitative estimate of drug-likeness (QED) is 0.220. The van der Waals surface area contributed by atoms with Crippen LogP contribution in [0.5, 0.6) is 5.75 Å². The van der Waals surface area contributed by atoms with Gasteiger partial charge in [0.05, 0.1) is 30.6 Å². The normalized spacial score (nSPS) is 11.0. The standard InChI is InChI=1S/C27H35N9O5/c1-6-19-18(15-41-33-19)14-34(4)27(39)29-9-8-10-35-23-20(12-17(24(28)37)13-22(23)40-5)30-26(35)31-25(38)21-11-16(3)32-36(21)7-2/h11-13,15H,6-10,14H2,1-5H3,(H2,28,37)(H,29,39)(H,30,31,38). The molecule has 0 unspecified atom stereocenters. The molecule has 14 nitrogen and oxygen atoms in total. The van der Waals surface area contributed by atoms with Crippen molar-refractivity contribution < 1.29 is 23.6 Å². The number of fused-ring (bicyclic) bond motifs is 1. The van der Waals surface area contributed by atoms with Crippen LogP contribution in [0, 0.1) is 6.92 Å². The molecule has 0 bridgehead atoms. The summed E-state index contributed by atoms with van der Waals surface area (Å²) in [4.78, 5) is 44.0. The van der Waals surface area contributed by atoms with E-state index in [2.05, 4.69) is 25.9 Å². The van der Waals surface area contributed by atoms with Crippen molar-refractivity contribution in [1.29, 1.82) is 0 Å². The van der Waals surface area contributed by atoms with Crippen molar-refractivity contribution in [3.63, 3.8) is 0 Å². The number of urea groups is 1. The number of carbonyl (C=O) groups is 3. The fourth-order valence-corrected chi connectivity index (χ4v) is 4.57. The second kappa shape index (κ2) is 12.5. The Morgan fingerprint density at radius 1 is 1.20 bits per heavy atom. The van der Waals surface area contributed by atoms with Crippen LogP contribution in [0.1, 0.15) is 58.1 Å². The molecule has 0 saturated carbocycles. The Labute approximate surface area is 236 Å². The number of methoxy groups -OCH3 is 1. The second-order valence-electron chi connectivity index (χ2n) is 9.52. The maximum absolute atomic E-state index is 13.2. The molecule has 0 aliphatic carbocycles. The molecule has 218 valence electrons. The van der Waals surface area contributed by atoms with Gasteiger partial charge in [-0.25, -0.2) is 9.78 Å². The van der Waals surface area contributed by atoms with Crippen LogP contribution in [0.15, 0.2) is 29.0 Å². The number of nitrogens with zero attached hydrogens (tertiary/aromatic N) is 6. The van der Waals surface area contributed by atoms with E-state index in [9.17, 15) is 14.4 Å². The summed E-state index contributed by atoms with van der Waals surface area (Å²) in [5, 5.41) is 14.1. The number of anilines is 1. The predicted molar refractivity (Wildman–Crippen MR) is 151 cm³/mol. The maximum atomic E-state index is 13.2. The summed E-state index contributed by atoms with van der Waals surface area (Å²) in [6, 6.07) is 4.55. The number of carbonyl (C=O) groups excluding carboxylic acids is 3. The number of hydrogen-bond donors (Lipinski definition) is 3. The third-order valence-electron chi connectivity index (χ3n) is 6.62. The summed E-state index contributed by atoms with van der Waals surface area (Å²) in [6.45, 7) is 7.30. The van der Waals surface area contributed by atoms with Crippen LogP contribution in [0.4, 0.5) is 10.7 Å². The Bertz CT molecular complexity index is 1570. The third-order valence-corrected chi connectivity index (χ3v) is 6.62. The zero-order valence-corrected chi connectivity index (χ0v) is 23.9. The molecule has 0 atom stereocenters. The van der Waals surface area contributed by atoms with Crippen molar-refractivity contribution in [3.8, 4) is 5.75 Å². The van der Waals surface area contributed by atoms with Crippen LogP contribution in [0.2, 0.25) is 0 Å². The highest BCUT2D eigenvalue weighted by molar-refractivity contribution is 6.04. The number of benzene rings is 1. The van der Waals surface area contributed by atoms with Gasteiger partial charge in [-0.2, -0.15) is 5.10 Å². The molecule has 41 heavy (non-hydrogen) atoms. The van der Waals surface area contributed by atoms with Crippen molar-refractivity contribution in [2.75, 3.05) is 26.0 Å². The van der Waals surface area contributed by atoms with Crippen LogP contribution >= 0.6 is 0 Å². The smallest absolute Gasteiger partial charge is 0.317 e. The first-order chi connectivity index (χ1) is 19.7. The number of imidazole rings is 1. The first-order valence-corrected chi connectivity index (χ1v) is 13.3. The van der Waals surface area contributed by atoms with Crippen molar-refractivity contribution in [1.82, 2.24) is 34.7 Å². The Morgan fingerprint density at radius 2 is 1.98 bits per heavy atom. The molecular formula is C27H35N9O5. The molecule has 0 fully saturated rings. The summed E-state index contributed by atoms with van der Waals surface area (Å²) in [7, 11) is 3.18. The van der Waals surface area contributed by atoms with E-state index >= 15 is 0 Å². The highest BCUT2D eigenvalue weighted by atomic mass is 16.5. The van der Waals surface area contributed by atoms with Crippen molar-refractivity contribution in [2.45, 2.75) is 53.2 Å². The Kier molecular flexibility index (Phi) is 8.90. The van der Waals surface area contributed by atoms with Crippen LogP contribution < -0.4 is 21.1 Å². The second-order valence-corrected chi connectivity index (χ2v) is 9.52. The van der Waals surface area contributed by atoms with Gasteiger partial charge in [0.15, 0.2) is 0 Å². The molecule has 4 rings (SSSR count). The van der Waals surface area contributed by atoms with Crippen LogP contribution in [-0.2, 0) is 26.1 Å². The SMILES string of the molecule is CCc1nocc1CN(C)C(=O)NCCCn1c(NC(=O)c2cc(C)nn2CC)nc2cc(C(N)=O)cc(OC)c21. The van der Waals surface area contributed by atoms with Crippen molar-refractivity contribution >= 4 is 34.8 Å². The highest BCUT2D eigenvalue weighted by Gasteiger charge is 2.22. The fraction of sp³-hybridized carbons (Fsp3) is 0.407. The van der Waals surface area contributed by atoms with E-state index in [4.69, 9.17) is 15.0 Å². The number of aromatic nitrogens is 5. The molecule has 0 aliphatic rings. The minimum atomic E-state index is -0.628. The topological polar surface area (TPSA) is 175 Å². The third kappa shape index (κ3) is 6.31. The van der Waals surface area contributed by atoms with Crippen molar-refractivity contribution in [2.24, 2.45) is 5.73 Å². The van der Waals surface area contributed by atoms with Crippen LogP contribution in [-0.4, -0.2) is 67.9 Å². The van der Waals surface area contributed by atoms with E-state index in [0.717, 1.165) is 11.3 Å². The number of nitrogens with two attached hydrogens (primary N) is 1. The van der Waals surface area contributed by atoms with Gasteiger partial charge in [0.2, 0.25) is 11.9 Å². The number of nitrogens with one attached hydrogen (secondary N) is 2.